The van der Waals surface area contributed by atoms with Crippen molar-refractivity contribution in [2.24, 2.45) is 5.73 Å². The summed E-state index contributed by atoms with van der Waals surface area (Å²) in [5, 5.41) is 31.3. The maximum absolute atomic E-state index is 11.9. The number of hydrogen-bond donors (Lipinski definition) is 5. The quantitative estimate of drug-likeness (QED) is 0.351. The fourth-order valence-corrected chi connectivity index (χ4v) is 2.63. The van der Waals surface area contributed by atoms with E-state index < -0.39 is 48.6 Å². The fraction of sp³-hybridized carbons (Fsp3) is 0.857. The summed E-state index contributed by atoms with van der Waals surface area (Å²) < 4.78 is 16.5. The van der Waals surface area contributed by atoms with Crippen LogP contribution in [-0.4, -0.2) is 83.7 Å². The van der Waals surface area contributed by atoms with Gasteiger partial charge in [-0.25, -0.2) is 0 Å². The molecule has 0 spiro atoms. The minimum Gasteiger partial charge on any atom is -0.481 e. The van der Waals surface area contributed by atoms with Crippen molar-refractivity contribution >= 4 is 11.9 Å². The highest BCUT2D eigenvalue weighted by Gasteiger charge is 2.46. The van der Waals surface area contributed by atoms with Gasteiger partial charge in [-0.1, -0.05) is 0 Å². The highest BCUT2D eigenvalue weighted by atomic mass is 16.7. The van der Waals surface area contributed by atoms with E-state index in [1.165, 1.54) is 0 Å². The minimum absolute atomic E-state index is 0.00604. The first-order valence-corrected chi connectivity index (χ1v) is 7.90. The average Bonchev–Trinajstić information content (AvgIpc) is 2.69. The number of carbonyl (C=O) groups is 2. The van der Waals surface area contributed by atoms with Gasteiger partial charge in [0.2, 0.25) is 5.91 Å². The van der Waals surface area contributed by atoms with Crippen molar-refractivity contribution in [3.05, 3.63) is 0 Å². The Bertz CT molecular complexity index is 446. The number of fused-ring (bicyclic) bond motifs is 6. The predicted octanol–water partition coefficient (Wildman–Crippen LogP) is -2.45. The normalized spacial score (nSPS) is 34.7. The molecule has 3 heterocycles. The van der Waals surface area contributed by atoms with Crippen molar-refractivity contribution < 1.29 is 39.1 Å². The van der Waals surface area contributed by atoms with Crippen LogP contribution in [-0.2, 0) is 23.8 Å². The highest BCUT2D eigenvalue weighted by Crippen LogP contribution is 2.25. The molecule has 0 aromatic carbocycles. The molecule has 6 N–H and O–H groups in total. The standard InChI is InChI=1S/C14H24N2O8/c15-7(2-3-9(17)18)13(21)16-6-8-12-10(19)11(20)14(24-8)23-5-1-4-22-12/h7-8,10-12,14,19-20H,1-6,15H2,(H,16,21)(H,17,18)/t7-,8?,10?,11?,12?,14?/m0/s1. The predicted molar refractivity (Wildman–Crippen MR) is 78.8 cm³/mol. The smallest absolute Gasteiger partial charge is 0.303 e. The lowest BCUT2D eigenvalue weighted by Gasteiger charge is -2.41. The van der Waals surface area contributed by atoms with E-state index >= 15 is 0 Å². The van der Waals surface area contributed by atoms with Crippen molar-refractivity contribution in [2.45, 2.75) is 56.0 Å². The first kappa shape index (κ1) is 19.0. The number of nitrogens with one attached hydrogen (secondary N) is 1. The molecule has 10 nitrogen and oxygen atoms in total. The fourth-order valence-electron chi connectivity index (χ4n) is 2.63. The molecule has 10 heteroatoms. The lowest BCUT2D eigenvalue weighted by molar-refractivity contribution is -0.292. The second-order valence-electron chi connectivity index (χ2n) is 5.87. The van der Waals surface area contributed by atoms with Crippen LogP contribution in [0.1, 0.15) is 19.3 Å². The number of ether oxygens (including phenoxy) is 3. The van der Waals surface area contributed by atoms with Gasteiger partial charge in [0.1, 0.15) is 24.4 Å². The molecule has 0 aromatic heterocycles. The molecule has 3 saturated heterocycles. The van der Waals surface area contributed by atoms with Gasteiger partial charge in [-0.05, 0) is 12.8 Å². The molecule has 24 heavy (non-hydrogen) atoms. The van der Waals surface area contributed by atoms with E-state index in [9.17, 15) is 19.8 Å². The van der Waals surface area contributed by atoms with Crippen molar-refractivity contribution in [3.8, 4) is 0 Å². The third-order valence-electron chi connectivity index (χ3n) is 4.01. The summed E-state index contributed by atoms with van der Waals surface area (Å²) in [4.78, 5) is 22.4. The number of amides is 1. The first-order chi connectivity index (χ1) is 11.4. The van der Waals surface area contributed by atoms with Crippen molar-refractivity contribution in [1.82, 2.24) is 5.32 Å². The van der Waals surface area contributed by atoms with E-state index in [0.717, 1.165) is 0 Å². The van der Waals surface area contributed by atoms with Crippen LogP contribution in [0, 0.1) is 0 Å². The van der Waals surface area contributed by atoms with Crippen LogP contribution < -0.4 is 11.1 Å². The SMILES string of the molecule is N[C@@H](CCC(=O)O)C(=O)NCC1OC2OCCCOC1C(O)C2O. The maximum Gasteiger partial charge on any atom is 0.303 e. The van der Waals surface area contributed by atoms with Gasteiger partial charge >= 0.3 is 5.97 Å². The molecule has 6 atom stereocenters. The molecule has 2 bridgehead atoms. The molecule has 0 aliphatic carbocycles. The largest absolute Gasteiger partial charge is 0.481 e. The summed E-state index contributed by atoms with van der Waals surface area (Å²) in [7, 11) is 0. The Morgan fingerprint density at radius 2 is 1.92 bits per heavy atom. The Balaban J connectivity index is 1.90. The number of carbonyl (C=O) groups excluding carboxylic acids is 1. The van der Waals surface area contributed by atoms with Gasteiger partial charge in [0.25, 0.3) is 0 Å². The lowest BCUT2D eigenvalue weighted by atomic mass is 9.98. The number of hydrogen-bond acceptors (Lipinski definition) is 8. The lowest BCUT2D eigenvalue weighted by Crippen LogP contribution is -2.61. The molecule has 3 aliphatic rings. The van der Waals surface area contributed by atoms with Crippen molar-refractivity contribution in [3.63, 3.8) is 0 Å². The van der Waals surface area contributed by atoms with Gasteiger partial charge in [0.05, 0.1) is 12.6 Å². The summed E-state index contributed by atoms with van der Waals surface area (Å²) in [6, 6.07) is -0.956. The van der Waals surface area contributed by atoms with E-state index in [1.54, 1.807) is 0 Å². The zero-order valence-electron chi connectivity index (χ0n) is 13.2. The zero-order chi connectivity index (χ0) is 17.7. The molecule has 0 saturated carbocycles. The Morgan fingerprint density at radius 3 is 2.62 bits per heavy atom. The van der Waals surface area contributed by atoms with Crippen molar-refractivity contribution in [2.75, 3.05) is 19.8 Å². The molecule has 1 amide bonds. The van der Waals surface area contributed by atoms with Crippen LogP contribution in [0.2, 0.25) is 0 Å². The monoisotopic (exact) mass is 348 g/mol. The van der Waals surface area contributed by atoms with Gasteiger partial charge in [-0.15, -0.1) is 0 Å². The molecule has 3 fully saturated rings. The van der Waals surface area contributed by atoms with Gasteiger partial charge < -0.3 is 40.6 Å². The number of aliphatic hydroxyl groups excluding tert-OH is 2. The molecule has 5 unspecified atom stereocenters. The number of aliphatic hydroxyl groups is 2. The van der Waals surface area contributed by atoms with Gasteiger partial charge in [0.15, 0.2) is 6.29 Å². The number of carboxylic acid groups (broad SMARTS) is 1. The second kappa shape index (κ2) is 8.70. The molecule has 0 radical (unpaired) electrons. The third kappa shape index (κ3) is 4.85. The van der Waals surface area contributed by atoms with E-state index in [1.807, 2.05) is 0 Å². The van der Waals surface area contributed by atoms with E-state index in [4.69, 9.17) is 25.1 Å². The molecule has 3 aliphatic heterocycles. The minimum atomic E-state index is -1.24. The Hall–Kier alpha value is -1.30. The van der Waals surface area contributed by atoms with Crippen LogP contribution in [0.25, 0.3) is 0 Å². The Kier molecular flexibility index (Phi) is 6.90. The van der Waals surface area contributed by atoms with Crippen LogP contribution in [0.3, 0.4) is 0 Å². The maximum atomic E-state index is 11.9. The average molecular weight is 348 g/mol. The van der Waals surface area contributed by atoms with E-state index in [-0.39, 0.29) is 19.4 Å². The summed E-state index contributed by atoms with van der Waals surface area (Å²) in [6.45, 7) is 0.640. The third-order valence-corrected chi connectivity index (χ3v) is 4.01. The van der Waals surface area contributed by atoms with Crippen LogP contribution in [0.4, 0.5) is 0 Å². The van der Waals surface area contributed by atoms with E-state index in [0.29, 0.717) is 19.6 Å². The molecular formula is C14H24N2O8. The first-order valence-electron chi connectivity index (χ1n) is 7.90. The summed E-state index contributed by atoms with van der Waals surface area (Å²) >= 11 is 0. The molecule has 0 aromatic rings. The van der Waals surface area contributed by atoms with Crippen LogP contribution >= 0.6 is 0 Å². The number of aliphatic carboxylic acids is 1. The van der Waals surface area contributed by atoms with Gasteiger partial charge in [-0.3, -0.25) is 9.59 Å². The topological polar surface area (TPSA) is 161 Å². The summed E-state index contributed by atoms with van der Waals surface area (Å²) in [5.74, 6) is -1.55. The zero-order valence-corrected chi connectivity index (χ0v) is 13.2. The summed E-state index contributed by atoms with van der Waals surface area (Å²) in [6.07, 6.45) is -4.58. The molecular weight excluding hydrogens is 324 g/mol. The van der Waals surface area contributed by atoms with Crippen LogP contribution in [0.15, 0.2) is 0 Å². The van der Waals surface area contributed by atoms with Gasteiger partial charge in [-0.2, -0.15) is 0 Å². The van der Waals surface area contributed by atoms with Crippen LogP contribution in [0.5, 0.6) is 0 Å². The second-order valence-corrected chi connectivity index (χ2v) is 5.87. The number of nitrogens with two attached hydrogens (primary N) is 1. The Morgan fingerprint density at radius 1 is 1.21 bits per heavy atom. The number of rotatable bonds is 6. The highest BCUT2D eigenvalue weighted by molar-refractivity contribution is 5.82. The van der Waals surface area contributed by atoms with Crippen molar-refractivity contribution in [1.29, 1.82) is 0 Å². The molecule has 3 rings (SSSR count). The molecule has 138 valence electrons. The van der Waals surface area contributed by atoms with Gasteiger partial charge in [0, 0.05) is 19.6 Å². The number of carboxylic acids is 1. The summed E-state index contributed by atoms with van der Waals surface area (Å²) in [5.41, 5.74) is 5.63. The Labute approximate surface area is 138 Å². The van der Waals surface area contributed by atoms with E-state index in [2.05, 4.69) is 5.32 Å².